The molecule has 8 N–H and O–H groups in total. The summed E-state index contributed by atoms with van der Waals surface area (Å²) in [6.45, 7) is 30.4. The van der Waals surface area contributed by atoms with E-state index in [4.69, 9.17) is 37.4 Å². The van der Waals surface area contributed by atoms with Gasteiger partial charge in [0.1, 0.15) is 40.5 Å². The van der Waals surface area contributed by atoms with E-state index in [1.165, 1.54) is 12.1 Å². The molecule has 0 atom stereocenters. The smallest absolute Gasteiger partial charge is 0.271 e. The highest BCUT2D eigenvalue weighted by Gasteiger charge is 2.18. The second kappa shape index (κ2) is 30.2. The lowest BCUT2D eigenvalue weighted by atomic mass is 10.1. The molecule has 0 bridgehead atoms. The molecule has 0 aliphatic carbocycles. The fraction of sp³-hybridized carbons (Fsp3) is 0.355. The molecule has 0 radical (unpaired) electrons. The van der Waals surface area contributed by atoms with Crippen LogP contribution in [-0.2, 0) is 0 Å². The third-order valence-electron chi connectivity index (χ3n) is 11.0. The third kappa shape index (κ3) is 23.6. The lowest BCUT2D eigenvalue weighted by Crippen LogP contribution is -2.27. The Morgan fingerprint density at radius 3 is 1.34 bits per heavy atom. The molecular formula is C62H81Cl2N17O5. The molecule has 24 heteroatoms. The lowest BCUT2D eigenvalue weighted by molar-refractivity contribution is -0.384. The predicted molar refractivity (Wildman–Crippen MR) is 351 cm³/mol. The number of rotatable bonds is 16. The Labute approximate surface area is 515 Å². The highest BCUT2D eigenvalue weighted by molar-refractivity contribution is 6.37. The molecule has 0 fully saturated rings. The summed E-state index contributed by atoms with van der Waals surface area (Å²) < 4.78 is 15.6. The van der Waals surface area contributed by atoms with Crippen molar-refractivity contribution in [1.82, 2.24) is 39.9 Å². The van der Waals surface area contributed by atoms with Gasteiger partial charge in [0.15, 0.2) is 0 Å². The fourth-order valence-corrected chi connectivity index (χ4v) is 7.63. The number of hydrogen-bond acceptors (Lipinski definition) is 21. The summed E-state index contributed by atoms with van der Waals surface area (Å²) in [7, 11) is 4.86. The quantitative estimate of drug-likeness (QED) is 0.0330. The van der Waals surface area contributed by atoms with Gasteiger partial charge in [-0.05, 0) is 158 Å². The van der Waals surface area contributed by atoms with Crippen LogP contribution in [0, 0.1) is 30.9 Å². The van der Waals surface area contributed by atoms with Gasteiger partial charge in [-0.15, -0.1) is 0 Å². The van der Waals surface area contributed by atoms with E-state index in [1.54, 1.807) is 64.2 Å². The van der Waals surface area contributed by atoms with E-state index in [1.807, 2.05) is 123 Å². The number of ether oxygens (including phenoxy) is 3. The van der Waals surface area contributed by atoms with Crippen molar-refractivity contribution < 1.29 is 19.1 Å². The largest absolute Gasteiger partial charge is 0.497 e. The van der Waals surface area contributed by atoms with Crippen molar-refractivity contribution in [2.75, 3.05) is 63.9 Å². The maximum atomic E-state index is 10.8. The number of nitrogens with zero attached hydrogens (tertiary/aromatic N) is 9. The molecule has 8 rings (SSSR count). The summed E-state index contributed by atoms with van der Waals surface area (Å²) in [6.07, 6.45) is 7.00. The molecule has 0 aliphatic rings. The average molecular weight is 1220 g/mol. The van der Waals surface area contributed by atoms with Crippen LogP contribution in [0.5, 0.6) is 17.2 Å². The number of anilines is 12. The van der Waals surface area contributed by atoms with Crippen LogP contribution < -0.4 is 56.7 Å². The molecule has 0 saturated carbocycles. The maximum absolute atomic E-state index is 10.8. The van der Waals surface area contributed by atoms with E-state index in [-0.39, 0.29) is 27.8 Å². The first-order valence-corrected chi connectivity index (χ1v) is 28.1. The van der Waals surface area contributed by atoms with Crippen molar-refractivity contribution in [1.29, 1.82) is 0 Å². The summed E-state index contributed by atoms with van der Waals surface area (Å²) in [6, 6.07) is 26.9. The van der Waals surface area contributed by atoms with Gasteiger partial charge in [0.2, 0.25) is 23.8 Å². The summed E-state index contributed by atoms with van der Waals surface area (Å²) in [5, 5.41) is 37.6. The normalized spacial score (nSPS) is 11.1. The fourth-order valence-electron chi connectivity index (χ4n) is 7.12. The van der Waals surface area contributed by atoms with E-state index < -0.39 is 4.92 Å². The van der Waals surface area contributed by atoms with Crippen molar-refractivity contribution in [2.45, 2.75) is 126 Å². The average Bonchev–Trinajstić information content (AvgIpc) is 2.57. The van der Waals surface area contributed by atoms with Gasteiger partial charge < -0.3 is 56.7 Å². The number of non-ortho nitro benzene ring substituents is 1. The number of nitro groups is 1. The number of hydrogen-bond donors (Lipinski definition) is 8. The summed E-state index contributed by atoms with van der Waals surface area (Å²) in [4.78, 5) is 45.4. The molecule has 0 unspecified atom stereocenters. The SMILES string of the molecule is COc1cc(Nc2nc(NC(C)(C)C)ncc2C)c(Cl)cc1Cl.COc1ccc(Nc2ccnc(NC(C)(C)C)n2)cc1.COc1cccc(Nc2nc(NC(C)(C)C)ncc2C)c1.Cc1cnc(NC(C)(C)C)nc1Nc1cccc([N+](=O)[O-])c1. The van der Waals surface area contributed by atoms with Gasteiger partial charge in [0.25, 0.3) is 5.69 Å². The number of aryl methyl sites for hydroxylation is 3. The maximum Gasteiger partial charge on any atom is 0.271 e. The number of nitrogens with one attached hydrogen (secondary N) is 8. The van der Waals surface area contributed by atoms with Crippen molar-refractivity contribution in [3.05, 3.63) is 153 Å². The van der Waals surface area contributed by atoms with E-state index >= 15 is 0 Å². The lowest BCUT2D eigenvalue weighted by Gasteiger charge is -2.21. The Hall–Kier alpha value is -9.02. The zero-order chi connectivity index (χ0) is 63.6. The van der Waals surface area contributed by atoms with Gasteiger partial charge >= 0.3 is 0 Å². The number of nitro benzene ring substituents is 1. The van der Waals surface area contributed by atoms with E-state index in [0.29, 0.717) is 62.6 Å². The topological polar surface area (TPSA) is 270 Å². The molecule has 8 aromatic rings. The molecule has 0 aliphatic heterocycles. The Balaban J connectivity index is 0.000000210. The van der Waals surface area contributed by atoms with Crippen LogP contribution in [0.2, 0.25) is 10.0 Å². The molecule has 4 aromatic carbocycles. The van der Waals surface area contributed by atoms with Crippen molar-refractivity contribution in [3.63, 3.8) is 0 Å². The Bertz CT molecular complexity index is 3510. The van der Waals surface area contributed by atoms with Crippen LogP contribution in [0.1, 0.15) is 99.8 Å². The predicted octanol–water partition coefficient (Wildman–Crippen LogP) is 15.9. The minimum absolute atomic E-state index is 0.0322. The molecule has 4 aromatic heterocycles. The second-order valence-corrected chi connectivity index (χ2v) is 24.5. The molecule has 4 heterocycles. The zero-order valence-corrected chi connectivity index (χ0v) is 53.8. The summed E-state index contributed by atoms with van der Waals surface area (Å²) in [5.41, 5.74) is 5.48. The minimum atomic E-state index is -0.426. The first kappa shape index (κ1) is 67.8. The zero-order valence-electron chi connectivity index (χ0n) is 52.3. The van der Waals surface area contributed by atoms with Crippen LogP contribution in [0.3, 0.4) is 0 Å². The molecule has 86 heavy (non-hydrogen) atoms. The van der Waals surface area contributed by atoms with Gasteiger partial charge in [-0.2, -0.15) is 19.9 Å². The first-order chi connectivity index (χ1) is 40.3. The molecule has 0 saturated heterocycles. The Kier molecular flexibility index (Phi) is 23.8. The van der Waals surface area contributed by atoms with Crippen molar-refractivity contribution in [3.8, 4) is 17.2 Å². The summed E-state index contributed by atoms with van der Waals surface area (Å²) >= 11 is 12.3. The molecule has 0 spiro atoms. The van der Waals surface area contributed by atoms with Gasteiger partial charge in [0, 0.05) is 105 Å². The first-order valence-electron chi connectivity index (χ1n) is 27.4. The minimum Gasteiger partial charge on any atom is -0.497 e. The van der Waals surface area contributed by atoms with Gasteiger partial charge in [-0.1, -0.05) is 35.3 Å². The Morgan fingerprint density at radius 1 is 0.453 bits per heavy atom. The van der Waals surface area contributed by atoms with E-state index in [2.05, 4.69) is 124 Å². The van der Waals surface area contributed by atoms with Crippen LogP contribution in [0.4, 0.5) is 75.5 Å². The monoisotopic (exact) mass is 1210 g/mol. The van der Waals surface area contributed by atoms with Crippen molar-refractivity contribution >= 4 is 98.7 Å². The van der Waals surface area contributed by atoms with Gasteiger partial charge in [-0.25, -0.2) is 19.9 Å². The highest BCUT2D eigenvalue weighted by Crippen LogP contribution is 2.36. The molecular weight excluding hydrogens is 1130 g/mol. The van der Waals surface area contributed by atoms with E-state index in [0.717, 1.165) is 51.2 Å². The van der Waals surface area contributed by atoms with Gasteiger partial charge in [0.05, 0.1) is 42.0 Å². The standard InChI is InChI=1S/C16H20Cl2N4O.C16H22N4O.C15H19N5O2.C15H20N4O/c1-9-8-19-15(22-16(2,3)4)21-14(9)20-12-7-13(23-5)11(18)6-10(12)17;1-11-10-17-15(20-16(2,3)4)19-14(11)18-12-7-6-8-13(9-12)21-5;1-10-9-16-14(19-15(2,3)4)18-13(10)17-11-6-5-7-12(8-11)20(21)22;1-15(2,3)19-14-16-10-9-13(18-14)17-11-5-7-12(20-4)8-6-11/h6-8H,1-5H3,(H2,19,20,21,22);6-10H,1-5H3,(H2,17,18,19,20);5-9H,1-4H3,(H2,16,17,18,19);5-10H,1-4H3,(H2,16,17,18,19). The number of methoxy groups -OCH3 is 3. The highest BCUT2D eigenvalue weighted by atomic mass is 35.5. The molecule has 22 nitrogen and oxygen atoms in total. The van der Waals surface area contributed by atoms with Crippen LogP contribution in [0.25, 0.3) is 0 Å². The Morgan fingerprint density at radius 2 is 0.895 bits per heavy atom. The molecule has 0 amide bonds. The summed E-state index contributed by atoms with van der Waals surface area (Å²) in [5.74, 6) is 7.25. The van der Waals surface area contributed by atoms with E-state index in [9.17, 15) is 10.1 Å². The number of halogens is 2. The number of benzene rings is 4. The second-order valence-electron chi connectivity index (χ2n) is 23.7. The van der Waals surface area contributed by atoms with Gasteiger partial charge in [-0.3, -0.25) is 10.1 Å². The number of aromatic nitrogens is 8. The van der Waals surface area contributed by atoms with Crippen LogP contribution in [0.15, 0.2) is 116 Å². The third-order valence-corrected chi connectivity index (χ3v) is 11.6. The van der Waals surface area contributed by atoms with Crippen LogP contribution >= 0.6 is 23.2 Å². The molecule has 458 valence electrons. The van der Waals surface area contributed by atoms with Crippen LogP contribution in [-0.4, -0.2) is 88.3 Å². The van der Waals surface area contributed by atoms with Crippen molar-refractivity contribution in [2.24, 2.45) is 0 Å².